The van der Waals surface area contributed by atoms with Gasteiger partial charge in [0.25, 0.3) is 0 Å². The van der Waals surface area contributed by atoms with Gasteiger partial charge in [0.15, 0.2) is 0 Å². The van der Waals surface area contributed by atoms with Crippen LogP contribution in [0, 0.1) is 0 Å². The molecule has 1 aromatic carbocycles. The Morgan fingerprint density at radius 3 is 2.36 bits per heavy atom. The average Bonchev–Trinajstić information content (AvgIpc) is 3.27. The van der Waals surface area contributed by atoms with Crippen LogP contribution in [-0.4, -0.2) is 18.0 Å². The van der Waals surface area contributed by atoms with E-state index in [9.17, 15) is 4.79 Å². The summed E-state index contributed by atoms with van der Waals surface area (Å²) in [4.78, 5) is 12.5. The van der Waals surface area contributed by atoms with E-state index in [4.69, 9.17) is 5.73 Å². The van der Waals surface area contributed by atoms with Gasteiger partial charge in [-0.15, -0.1) is 12.4 Å². The van der Waals surface area contributed by atoms with Crippen molar-refractivity contribution in [3.8, 4) is 0 Å². The highest BCUT2D eigenvalue weighted by molar-refractivity contribution is 9.10. The molecular formula is C17H24BrClN2O. The number of amides is 1. The van der Waals surface area contributed by atoms with Gasteiger partial charge in [0, 0.05) is 16.4 Å². The molecule has 1 amide bonds. The van der Waals surface area contributed by atoms with Crippen LogP contribution in [0.15, 0.2) is 28.7 Å². The molecule has 3 rings (SSSR count). The zero-order chi connectivity index (χ0) is 14.9. The molecule has 0 bridgehead atoms. The van der Waals surface area contributed by atoms with Crippen LogP contribution in [0.4, 0.5) is 0 Å². The maximum Gasteiger partial charge on any atom is 0.240 e. The molecule has 0 radical (unpaired) electrons. The second kappa shape index (κ2) is 6.90. The molecule has 0 aromatic heterocycles. The zero-order valence-electron chi connectivity index (χ0n) is 12.7. The van der Waals surface area contributed by atoms with Crippen LogP contribution >= 0.6 is 28.3 Å². The Bertz CT molecular complexity index is 539. The summed E-state index contributed by atoms with van der Waals surface area (Å²) in [6.45, 7) is 0.702. The van der Waals surface area contributed by atoms with Gasteiger partial charge in [-0.3, -0.25) is 4.79 Å². The summed E-state index contributed by atoms with van der Waals surface area (Å²) in [5, 5.41) is 3.14. The van der Waals surface area contributed by atoms with Gasteiger partial charge in [0.2, 0.25) is 5.91 Å². The van der Waals surface area contributed by atoms with Crippen molar-refractivity contribution in [2.24, 2.45) is 5.73 Å². The topological polar surface area (TPSA) is 55.1 Å². The third-order valence-electron chi connectivity index (χ3n) is 5.08. The summed E-state index contributed by atoms with van der Waals surface area (Å²) in [7, 11) is 0. The van der Waals surface area contributed by atoms with E-state index in [1.807, 2.05) is 6.07 Å². The van der Waals surface area contributed by atoms with Gasteiger partial charge in [-0.25, -0.2) is 0 Å². The fraction of sp³-hybridized carbons (Fsp3) is 0.588. The lowest BCUT2D eigenvalue weighted by Crippen LogP contribution is -2.56. The van der Waals surface area contributed by atoms with Crippen molar-refractivity contribution in [3.05, 3.63) is 34.3 Å². The monoisotopic (exact) mass is 386 g/mol. The lowest BCUT2D eigenvalue weighted by molar-refractivity contribution is -0.127. The highest BCUT2D eigenvalue weighted by atomic mass is 79.9. The van der Waals surface area contributed by atoms with Crippen molar-refractivity contribution in [1.82, 2.24) is 5.32 Å². The molecule has 0 atom stereocenters. The van der Waals surface area contributed by atoms with E-state index in [0.29, 0.717) is 6.54 Å². The molecule has 0 saturated heterocycles. The Hall–Kier alpha value is -0.580. The second-order valence-electron chi connectivity index (χ2n) is 6.66. The number of hydrogen-bond acceptors (Lipinski definition) is 2. The van der Waals surface area contributed by atoms with Gasteiger partial charge in [0.1, 0.15) is 0 Å². The molecule has 0 heterocycles. The molecule has 122 valence electrons. The van der Waals surface area contributed by atoms with Crippen molar-refractivity contribution >= 4 is 34.2 Å². The predicted octanol–water partition coefficient (Wildman–Crippen LogP) is 3.68. The van der Waals surface area contributed by atoms with Crippen LogP contribution in [-0.2, 0) is 10.2 Å². The quantitative estimate of drug-likeness (QED) is 0.828. The van der Waals surface area contributed by atoms with E-state index < -0.39 is 5.54 Å². The molecule has 3 nitrogen and oxygen atoms in total. The number of carbonyl (C=O) groups excluding carboxylic acids is 1. The third kappa shape index (κ3) is 3.50. The van der Waals surface area contributed by atoms with Crippen LogP contribution in [0.5, 0.6) is 0 Å². The number of nitrogens with one attached hydrogen (secondary N) is 1. The SMILES string of the molecule is Cl.NC1(C(=O)NCC2(c3ccccc3Br)CC2)CCCCC1. The minimum Gasteiger partial charge on any atom is -0.354 e. The largest absolute Gasteiger partial charge is 0.354 e. The lowest BCUT2D eigenvalue weighted by atomic mass is 9.81. The molecule has 0 spiro atoms. The van der Waals surface area contributed by atoms with Crippen molar-refractivity contribution < 1.29 is 4.79 Å². The summed E-state index contributed by atoms with van der Waals surface area (Å²) in [5.41, 5.74) is 7.08. The minimum atomic E-state index is -0.637. The second-order valence-corrected chi connectivity index (χ2v) is 7.51. The van der Waals surface area contributed by atoms with Crippen molar-refractivity contribution in [3.63, 3.8) is 0 Å². The standard InChI is InChI=1S/C17H23BrN2O.ClH/c18-14-7-3-2-6-13(14)16(10-11-16)12-20-15(21)17(19)8-4-1-5-9-17;/h2-3,6-7H,1,4-5,8-12,19H2,(H,20,21);1H. The molecular weight excluding hydrogens is 364 g/mol. The maximum atomic E-state index is 12.5. The smallest absolute Gasteiger partial charge is 0.240 e. The molecule has 2 saturated carbocycles. The average molecular weight is 388 g/mol. The first-order chi connectivity index (χ1) is 10.1. The molecule has 2 fully saturated rings. The molecule has 5 heteroatoms. The first-order valence-corrected chi connectivity index (χ1v) is 8.67. The first-order valence-electron chi connectivity index (χ1n) is 7.88. The van der Waals surface area contributed by atoms with E-state index in [2.05, 4.69) is 39.4 Å². The van der Waals surface area contributed by atoms with Gasteiger partial charge in [-0.1, -0.05) is 53.4 Å². The van der Waals surface area contributed by atoms with Crippen molar-refractivity contribution in [2.75, 3.05) is 6.54 Å². The van der Waals surface area contributed by atoms with Crippen LogP contribution in [0.3, 0.4) is 0 Å². The highest BCUT2D eigenvalue weighted by Crippen LogP contribution is 2.50. The number of halogens is 2. The highest BCUT2D eigenvalue weighted by Gasteiger charge is 2.46. The van der Waals surface area contributed by atoms with Crippen LogP contribution < -0.4 is 11.1 Å². The molecule has 2 aliphatic carbocycles. The number of carbonyl (C=O) groups is 1. The third-order valence-corrected chi connectivity index (χ3v) is 5.78. The molecule has 22 heavy (non-hydrogen) atoms. The minimum absolute atomic E-state index is 0. The van der Waals surface area contributed by atoms with Crippen molar-refractivity contribution in [1.29, 1.82) is 0 Å². The van der Waals surface area contributed by atoms with Gasteiger partial charge in [-0.2, -0.15) is 0 Å². The molecule has 0 unspecified atom stereocenters. The van der Waals surface area contributed by atoms with E-state index in [1.54, 1.807) is 0 Å². The Morgan fingerprint density at radius 1 is 1.14 bits per heavy atom. The van der Waals surface area contributed by atoms with Crippen molar-refractivity contribution in [2.45, 2.75) is 55.9 Å². The number of hydrogen-bond donors (Lipinski definition) is 2. The maximum absolute atomic E-state index is 12.5. The fourth-order valence-corrected chi connectivity index (χ4v) is 4.12. The number of nitrogens with two attached hydrogens (primary N) is 1. The lowest BCUT2D eigenvalue weighted by Gasteiger charge is -2.32. The molecule has 0 aliphatic heterocycles. The Kier molecular flexibility index (Phi) is 5.57. The van der Waals surface area contributed by atoms with Gasteiger partial charge in [-0.05, 0) is 37.3 Å². The first kappa shape index (κ1) is 17.8. The van der Waals surface area contributed by atoms with Gasteiger partial charge >= 0.3 is 0 Å². The van der Waals surface area contributed by atoms with E-state index in [-0.39, 0.29) is 23.7 Å². The van der Waals surface area contributed by atoms with Crippen LogP contribution in [0.1, 0.15) is 50.5 Å². The fourth-order valence-electron chi connectivity index (χ4n) is 3.42. The Morgan fingerprint density at radius 2 is 1.77 bits per heavy atom. The van der Waals surface area contributed by atoms with E-state index in [0.717, 1.165) is 43.0 Å². The predicted molar refractivity (Wildman–Crippen MR) is 95.3 cm³/mol. The zero-order valence-corrected chi connectivity index (χ0v) is 15.1. The number of rotatable bonds is 4. The van der Waals surface area contributed by atoms with Gasteiger partial charge < -0.3 is 11.1 Å². The van der Waals surface area contributed by atoms with E-state index in [1.165, 1.54) is 12.0 Å². The molecule has 1 aromatic rings. The summed E-state index contributed by atoms with van der Waals surface area (Å²) >= 11 is 3.63. The Balaban J connectivity index is 0.00000176. The summed E-state index contributed by atoms with van der Waals surface area (Å²) in [6, 6.07) is 8.32. The summed E-state index contributed by atoms with van der Waals surface area (Å²) in [5.74, 6) is 0.0422. The molecule has 3 N–H and O–H groups in total. The molecule has 2 aliphatic rings. The van der Waals surface area contributed by atoms with Crippen LogP contribution in [0.25, 0.3) is 0 Å². The Labute approximate surface area is 147 Å². The van der Waals surface area contributed by atoms with Crippen LogP contribution in [0.2, 0.25) is 0 Å². The summed E-state index contributed by atoms with van der Waals surface area (Å²) < 4.78 is 1.14. The van der Waals surface area contributed by atoms with Gasteiger partial charge in [0.05, 0.1) is 5.54 Å². The normalized spacial score (nSPS) is 21.5. The number of benzene rings is 1. The van der Waals surface area contributed by atoms with E-state index >= 15 is 0 Å². The summed E-state index contributed by atoms with van der Waals surface area (Å²) in [6.07, 6.45) is 7.24.